The van der Waals surface area contributed by atoms with Gasteiger partial charge in [0.2, 0.25) is 11.8 Å². The molecule has 0 spiro atoms. The highest BCUT2D eigenvalue weighted by Gasteiger charge is 2.34. The first-order valence-corrected chi connectivity index (χ1v) is 8.16. The maximum absolute atomic E-state index is 13.3. The molecule has 0 saturated carbocycles. The molecule has 3 rings (SSSR count). The van der Waals surface area contributed by atoms with E-state index in [1.54, 1.807) is 44.2 Å². The molecular weight excluding hydrogens is 359 g/mol. The molecule has 1 aromatic carbocycles. The minimum Gasteiger partial charge on any atom is -0.493 e. The number of nitrogens with zero attached hydrogens (tertiary/aromatic N) is 2. The highest BCUT2D eigenvalue weighted by Crippen LogP contribution is 2.34. The molecule has 142 valence electrons. The van der Waals surface area contributed by atoms with Crippen LogP contribution in [0.3, 0.4) is 0 Å². The highest BCUT2D eigenvalue weighted by molar-refractivity contribution is 5.48. The molecule has 0 saturated heterocycles. The van der Waals surface area contributed by atoms with E-state index in [1.165, 1.54) is 0 Å². The fraction of sp³-hybridized carbons (Fsp3) is 0.211. The van der Waals surface area contributed by atoms with Crippen molar-refractivity contribution in [1.82, 2.24) is 9.66 Å². The molecule has 2 heterocycles. The van der Waals surface area contributed by atoms with E-state index in [1.807, 2.05) is 0 Å². The lowest BCUT2D eigenvalue weighted by atomic mass is 10.0. The van der Waals surface area contributed by atoms with Crippen molar-refractivity contribution in [2.75, 3.05) is 5.43 Å². The molecule has 27 heavy (non-hydrogen) atoms. The zero-order valence-corrected chi connectivity index (χ0v) is 14.7. The van der Waals surface area contributed by atoms with E-state index in [2.05, 4.69) is 10.4 Å². The van der Waals surface area contributed by atoms with Crippen molar-refractivity contribution in [3.63, 3.8) is 0 Å². The average molecular weight is 377 g/mol. The quantitative estimate of drug-likeness (QED) is 0.630. The van der Waals surface area contributed by atoms with Gasteiger partial charge < -0.3 is 10.2 Å². The Labute approximate surface area is 153 Å². The van der Waals surface area contributed by atoms with E-state index in [-0.39, 0.29) is 29.7 Å². The molecular formula is C19H18F3N3O2. The van der Waals surface area contributed by atoms with Gasteiger partial charge in [0.1, 0.15) is 5.82 Å². The van der Waals surface area contributed by atoms with Gasteiger partial charge in [-0.25, -0.2) is 4.98 Å². The van der Waals surface area contributed by atoms with Crippen molar-refractivity contribution in [2.24, 2.45) is 0 Å². The molecule has 8 heteroatoms. The summed E-state index contributed by atoms with van der Waals surface area (Å²) >= 11 is 0. The van der Waals surface area contributed by atoms with Crippen molar-refractivity contribution in [2.45, 2.75) is 26.4 Å². The Morgan fingerprint density at radius 2 is 1.56 bits per heavy atom. The SMILES string of the molecule is Cc1c(C)c(O)n(Nc2ccc(C(F)(F)F)c(Cc3ccccc3)n2)c1O. The van der Waals surface area contributed by atoms with Crippen LogP contribution in [0, 0.1) is 13.8 Å². The molecule has 0 bridgehead atoms. The topological polar surface area (TPSA) is 70.3 Å². The summed E-state index contributed by atoms with van der Waals surface area (Å²) in [5, 5.41) is 20.2. The van der Waals surface area contributed by atoms with E-state index in [0.29, 0.717) is 16.7 Å². The third-order valence-corrected chi connectivity index (χ3v) is 4.38. The van der Waals surface area contributed by atoms with Crippen molar-refractivity contribution in [3.8, 4) is 11.8 Å². The Balaban J connectivity index is 2.01. The van der Waals surface area contributed by atoms with Gasteiger partial charge in [0.15, 0.2) is 0 Å². The fourth-order valence-corrected chi connectivity index (χ4v) is 2.74. The molecule has 0 aliphatic rings. The zero-order valence-electron chi connectivity index (χ0n) is 14.7. The molecule has 0 fully saturated rings. The second kappa shape index (κ2) is 6.86. The van der Waals surface area contributed by atoms with E-state index in [4.69, 9.17) is 0 Å². The number of rotatable bonds is 4. The molecule has 0 aliphatic carbocycles. The first-order chi connectivity index (χ1) is 12.7. The van der Waals surface area contributed by atoms with Crippen molar-refractivity contribution < 1.29 is 23.4 Å². The Kier molecular flexibility index (Phi) is 4.73. The van der Waals surface area contributed by atoms with Crippen LogP contribution >= 0.6 is 0 Å². The number of anilines is 1. The summed E-state index contributed by atoms with van der Waals surface area (Å²) < 4.78 is 41.0. The van der Waals surface area contributed by atoms with Crippen molar-refractivity contribution in [1.29, 1.82) is 0 Å². The number of hydrogen-bond acceptors (Lipinski definition) is 4. The van der Waals surface area contributed by atoms with Crippen LogP contribution < -0.4 is 5.43 Å². The molecule has 0 amide bonds. The summed E-state index contributed by atoms with van der Waals surface area (Å²) in [6, 6.07) is 10.8. The minimum atomic E-state index is -4.54. The monoisotopic (exact) mass is 377 g/mol. The second-order valence-corrected chi connectivity index (χ2v) is 6.20. The maximum atomic E-state index is 13.3. The van der Waals surface area contributed by atoms with Gasteiger partial charge in [-0.3, -0.25) is 5.43 Å². The Morgan fingerprint density at radius 1 is 0.963 bits per heavy atom. The van der Waals surface area contributed by atoms with Crippen LogP contribution in [0.5, 0.6) is 11.8 Å². The molecule has 3 N–H and O–H groups in total. The summed E-state index contributed by atoms with van der Waals surface area (Å²) in [5.41, 5.74) is 3.26. The number of halogens is 3. The van der Waals surface area contributed by atoms with Gasteiger partial charge >= 0.3 is 6.18 Å². The van der Waals surface area contributed by atoms with E-state index in [0.717, 1.165) is 16.8 Å². The van der Waals surface area contributed by atoms with Crippen LogP contribution in [-0.2, 0) is 12.6 Å². The van der Waals surface area contributed by atoms with Crippen LogP contribution in [0.15, 0.2) is 42.5 Å². The molecule has 0 radical (unpaired) electrons. The minimum absolute atomic E-state index is 0.00704. The van der Waals surface area contributed by atoms with Gasteiger partial charge in [-0.05, 0) is 31.5 Å². The lowest BCUT2D eigenvalue weighted by Crippen LogP contribution is -2.15. The second-order valence-electron chi connectivity index (χ2n) is 6.20. The molecule has 0 aliphatic heterocycles. The first-order valence-electron chi connectivity index (χ1n) is 8.16. The van der Waals surface area contributed by atoms with Crippen LogP contribution in [0.25, 0.3) is 0 Å². The van der Waals surface area contributed by atoms with Crippen molar-refractivity contribution in [3.05, 3.63) is 70.4 Å². The van der Waals surface area contributed by atoms with E-state index < -0.39 is 11.7 Å². The molecule has 5 nitrogen and oxygen atoms in total. The van der Waals surface area contributed by atoms with Gasteiger partial charge in [-0.2, -0.15) is 17.8 Å². The van der Waals surface area contributed by atoms with Crippen LogP contribution in [0.1, 0.15) is 27.9 Å². The smallest absolute Gasteiger partial charge is 0.418 e. The Bertz CT molecular complexity index is 941. The lowest BCUT2D eigenvalue weighted by Gasteiger charge is -2.15. The fourth-order valence-electron chi connectivity index (χ4n) is 2.74. The Morgan fingerprint density at radius 3 is 2.11 bits per heavy atom. The van der Waals surface area contributed by atoms with Gasteiger partial charge in [0, 0.05) is 17.5 Å². The van der Waals surface area contributed by atoms with Crippen LogP contribution in [-0.4, -0.2) is 19.9 Å². The largest absolute Gasteiger partial charge is 0.493 e. The van der Waals surface area contributed by atoms with E-state index in [9.17, 15) is 23.4 Å². The third kappa shape index (κ3) is 3.69. The number of pyridine rings is 1. The Hall–Kier alpha value is -3.16. The van der Waals surface area contributed by atoms with Crippen LogP contribution in [0.2, 0.25) is 0 Å². The number of aromatic hydroxyl groups is 2. The summed E-state index contributed by atoms with van der Waals surface area (Å²) in [5.74, 6) is -0.415. The number of benzene rings is 1. The van der Waals surface area contributed by atoms with Gasteiger partial charge in [0.05, 0.1) is 11.3 Å². The normalized spacial score (nSPS) is 11.6. The van der Waals surface area contributed by atoms with Gasteiger partial charge in [0.25, 0.3) is 0 Å². The molecule has 0 unspecified atom stereocenters. The summed E-state index contributed by atoms with van der Waals surface area (Å²) in [7, 11) is 0. The number of alkyl halides is 3. The summed E-state index contributed by atoms with van der Waals surface area (Å²) in [4.78, 5) is 4.08. The first kappa shape index (κ1) is 18.6. The average Bonchev–Trinajstić information content (AvgIpc) is 2.80. The number of hydrogen-bond donors (Lipinski definition) is 3. The highest BCUT2D eigenvalue weighted by atomic mass is 19.4. The maximum Gasteiger partial charge on any atom is 0.418 e. The summed E-state index contributed by atoms with van der Waals surface area (Å²) in [6.45, 7) is 3.23. The molecule has 3 aromatic rings. The zero-order chi connectivity index (χ0) is 19.8. The van der Waals surface area contributed by atoms with E-state index >= 15 is 0 Å². The standard InChI is InChI=1S/C19H18F3N3O2/c1-11-12(2)18(27)25(17(11)26)24-16-9-8-14(19(20,21)22)15(23-16)10-13-6-4-3-5-7-13/h3-9,26-27H,10H2,1-2H3,(H,23,24). The van der Waals surface area contributed by atoms with Crippen molar-refractivity contribution >= 4 is 5.82 Å². The lowest BCUT2D eigenvalue weighted by molar-refractivity contribution is -0.138. The van der Waals surface area contributed by atoms with Crippen LogP contribution in [0.4, 0.5) is 19.0 Å². The molecule has 2 aromatic heterocycles. The number of aromatic nitrogens is 2. The van der Waals surface area contributed by atoms with Gasteiger partial charge in [-0.1, -0.05) is 30.3 Å². The predicted molar refractivity (Wildman–Crippen MR) is 94.7 cm³/mol. The van der Waals surface area contributed by atoms with Gasteiger partial charge in [-0.15, -0.1) is 0 Å². The third-order valence-electron chi connectivity index (χ3n) is 4.38. The number of nitrogens with one attached hydrogen (secondary N) is 1. The summed E-state index contributed by atoms with van der Waals surface area (Å²) in [6.07, 6.45) is -4.55. The molecule has 0 atom stereocenters. The predicted octanol–water partition coefficient (Wildman–Crippen LogP) is 4.40.